The van der Waals surface area contributed by atoms with E-state index in [1.54, 1.807) is 25.1 Å². The highest BCUT2D eigenvalue weighted by Gasteiger charge is 2.21. The number of piperidine rings is 1. The highest BCUT2D eigenvalue weighted by molar-refractivity contribution is 6.31. The van der Waals surface area contributed by atoms with Gasteiger partial charge in [0, 0.05) is 36.5 Å². The van der Waals surface area contributed by atoms with Gasteiger partial charge in [-0.2, -0.15) is 5.26 Å². The normalized spacial score (nSPS) is 15.4. The number of amides is 1. The molecule has 5 nitrogen and oxygen atoms in total. The fourth-order valence-electron chi connectivity index (χ4n) is 2.91. The molecule has 0 unspecified atom stereocenters. The Morgan fingerprint density at radius 1 is 1.39 bits per heavy atom. The lowest BCUT2D eigenvalue weighted by Gasteiger charge is -2.32. The molecule has 1 aromatic heterocycles. The molecule has 0 radical (unpaired) electrons. The van der Waals surface area contributed by atoms with Gasteiger partial charge in [0.05, 0.1) is 17.1 Å². The van der Waals surface area contributed by atoms with Gasteiger partial charge in [-0.25, -0.2) is 4.98 Å². The minimum Gasteiger partial charge on any atom is -0.367 e. The fraction of sp³-hybridized carbons (Fsp3) is 0.353. The summed E-state index contributed by atoms with van der Waals surface area (Å²) in [6, 6.07) is 9.58. The largest absolute Gasteiger partial charge is 0.367 e. The van der Waals surface area contributed by atoms with Crippen LogP contribution in [0.1, 0.15) is 25.3 Å². The maximum Gasteiger partial charge on any atom is 0.219 e. The van der Waals surface area contributed by atoms with Crippen LogP contribution >= 0.6 is 11.6 Å². The van der Waals surface area contributed by atoms with E-state index in [0.717, 1.165) is 36.8 Å². The molecule has 0 spiro atoms. The molecule has 1 fully saturated rings. The lowest BCUT2D eigenvalue weighted by molar-refractivity contribution is -0.129. The standard InChI is InChI=1S/C17H17ClN4O/c1-11(23)22-6-4-14(5-7-22)20-17-8-12(10-19)15-9-13(18)2-3-16(15)21-17/h2-3,8-9,14H,4-7H2,1H3,(H,20,21). The van der Waals surface area contributed by atoms with Crippen LogP contribution in [-0.4, -0.2) is 34.9 Å². The summed E-state index contributed by atoms with van der Waals surface area (Å²) < 4.78 is 0. The molecule has 1 amide bonds. The van der Waals surface area contributed by atoms with Gasteiger partial charge in [-0.3, -0.25) is 4.79 Å². The Morgan fingerprint density at radius 2 is 2.13 bits per heavy atom. The van der Waals surface area contributed by atoms with E-state index in [-0.39, 0.29) is 11.9 Å². The van der Waals surface area contributed by atoms with Crippen molar-refractivity contribution in [2.45, 2.75) is 25.8 Å². The van der Waals surface area contributed by atoms with Crippen molar-refractivity contribution in [3.8, 4) is 6.07 Å². The van der Waals surface area contributed by atoms with Gasteiger partial charge in [0.1, 0.15) is 5.82 Å². The Kier molecular flexibility index (Phi) is 4.35. The molecule has 1 aromatic carbocycles. The molecule has 118 valence electrons. The van der Waals surface area contributed by atoms with Crippen molar-refractivity contribution >= 4 is 34.2 Å². The molecule has 0 bridgehead atoms. The third-order valence-electron chi connectivity index (χ3n) is 4.18. The van der Waals surface area contributed by atoms with E-state index in [4.69, 9.17) is 11.6 Å². The average Bonchev–Trinajstić information content (AvgIpc) is 2.55. The van der Waals surface area contributed by atoms with Gasteiger partial charge in [0.15, 0.2) is 0 Å². The molecule has 0 atom stereocenters. The first-order valence-corrected chi connectivity index (χ1v) is 7.97. The molecule has 23 heavy (non-hydrogen) atoms. The number of hydrogen-bond acceptors (Lipinski definition) is 4. The van der Waals surface area contributed by atoms with E-state index >= 15 is 0 Å². The van der Waals surface area contributed by atoms with Crippen LogP contribution in [0.4, 0.5) is 5.82 Å². The Hall–Kier alpha value is -2.32. The number of aromatic nitrogens is 1. The first-order valence-electron chi connectivity index (χ1n) is 7.59. The lowest BCUT2D eigenvalue weighted by Crippen LogP contribution is -2.41. The molecule has 1 aliphatic heterocycles. The van der Waals surface area contributed by atoms with Crippen molar-refractivity contribution in [1.29, 1.82) is 5.26 Å². The number of pyridine rings is 1. The number of halogens is 1. The van der Waals surface area contributed by atoms with Crippen molar-refractivity contribution in [2.75, 3.05) is 18.4 Å². The van der Waals surface area contributed by atoms with Crippen molar-refractivity contribution < 1.29 is 4.79 Å². The summed E-state index contributed by atoms with van der Waals surface area (Å²) in [5.41, 5.74) is 1.30. The average molecular weight is 329 g/mol. The summed E-state index contributed by atoms with van der Waals surface area (Å²) in [5.74, 6) is 0.813. The zero-order chi connectivity index (χ0) is 16.4. The summed E-state index contributed by atoms with van der Waals surface area (Å²) in [6.45, 7) is 3.10. The smallest absolute Gasteiger partial charge is 0.219 e. The maximum absolute atomic E-state index is 11.4. The van der Waals surface area contributed by atoms with Crippen LogP contribution < -0.4 is 5.32 Å². The topological polar surface area (TPSA) is 69.0 Å². The van der Waals surface area contributed by atoms with Crippen LogP contribution in [0.5, 0.6) is 0 Å². The number of benzene rings is 1. The van der Waals surface area contributed by atoms with E-state index < -0.39 is 0 Å². The van der Waals surface area contributed by atoms with Crippen LogP contribution in [0.3, 0.4) is 0 Å². The number of nitrogens with one attached hydrogen (secondary N) is 1. The molecule has 1 saturated heterocycles. The molecule has 0 aliphatic carbocycles. The Bertz CT molecular complexity index is 791. The van der Waals surface area contributed by atoms with E-state index in [9.17, 15) is 10.1 Å². The quantitative estimate of drug-likeness (QED) is 0.919. The molecular formula is C17H17ClN4O. The van der Waals surface area contributed by atoms with E-state index in [0.29, 0.717) is 16.4 Å². The van der Waals surface area contributed by atoms with Gasteiger partial charge >= 0.3 is 0 Å². The Labute approximate surface area is 139 Å². The second-order valence-corrected chi connectivity index (χ2v) is 6.19. The lowest BCUT2D eigenvalue weighted by atomic mass is 10.0. The van der Waals surface area contributed by atoms with E-state index in [2.05, 4.69) is 16.4 Å². The van der Waals surface area contributed by atoms with Crippen LogP contribution in [0.2, 0.25) is 5.02 Å². The van der Waals surface area contributed by atoms with E-state index in [1.807, 2.05) is 11.0 Å². The number of anilines is 1. The van der Waals surface area contributed by atoms with Crippen LogP contribution in [-0.2, 0) is 4.79 Å². The van der Waals surface area contributed by atoms with Crippen molar-refractivity contribution in [1.82, 2.24) is 9.88 Å². The number of hydrogen-bond donors (Lipinski definition) is 1. The SMILES string of the molecule is CC(=O)N1CCC(Nc2cc(C#N)c3cc(Cl)ccc3n2)CC1. The maximum atomic E-state index is 11.4. The van der Waals surface area contributed by atoms with Gasteiger partial charge in [-0.1, -0.05) is 11.6 Å². The summed E-state index contributed by atoms with van der Waals surface area (Å²) >= 11 is 6.00. The second-order valence-electron chi connectivity index (χ2n) is 5.75. The van der Waals surface area contributed by atoms with Crippen LogP contribution in [0.15, 0.2) is 24.3 Å². The first-order chi connectivity index (χ1) is 11.1. The Balaban J connectivity index is 1.80. The third kappa shape index (κ3) is 3.38. The number of fused-ring (bicyclic) bond motifs is 1. The monoisotopic (exact) mass is 328 g/mol. The number of nitriles is 1. The number of rotatable bonds is 2. The molecule has 2 heterocycles. The number of carbonyl (C=O) groups is 1. The number of nitrogens with zero attached hydrogens (tertiary/aromatic N) is 3. The Morgan fingerprint density at radius 3 is 2.78 bits per heavy atom. The zero-order valence-corrected chi connectivity index (χ0v) is 13.6. The minimum absolute atomic E-state index is 0.121. The second kappa shape index (κ2) is 6.43. The van der Waals surface area contributed by atoms with Crippen LogP contribution in [0, 0.1) is 11.3 Å². The highest BCUT2D eigenvalue weighted by Crippen LogP contribution is 2.25. The van der Waals surface area contributed by atoms with Gasteiger partial charge in [-0.05, 0) is 37.1 Å². The van der Waals surface area contributed by atoms with Crippen molar-refractivity contribution in [3.05, 3.63) is 34.9 Å². The minimum atomic E-state index is 0.121. The summed E-state index contributed by atoms with van der Waals surface area (Å²) in [7, 11) is 0. The third-order valence-corrected chi connectivity index (χ3v) is 4.42. The van der Waals surface area contributed by atoms with Crippen molar-refractivity contribution in [2.24, 2.45) is 0 Å². The summed E-state index contributed by atoms with van der Waals surface area (Å²) in [5, 5.41) is 14.1. The van der Waals surface area contributed by atoms with E-state index in [1.165, 1.54) is 0 Å². The van der Waals surface area contributed by atoms with Gasteiger partial charge < -0.3 is 10.2 Å². The zero-order valence-electron chi connectivity index (χ0n) is 12.8. The predicted molar refractivity (Wildman–Crippen MR) is 90.4 cm³/mol. The predicted octanol–water partition coefficient (Wildman–Crippen LogP) is 3.18. The molecule has 2 aromatic rings. The molecule has 0 saturated carbocycles. The van der Waals surface area contributed by atoms with Gasteiger partial charge in [-0.15, -0.1) is 0 Å². The first kappa shape index (κ1) is 15.6. The molecule has 6 heteroatoms. The number of carbonyl (C=O) groups excluding carboxylic acids is 1. The summed E-state index contributed by atoms with van der Waals surface area (Å²) in [6.07, 6.45) is 1.75. The molecule has 1 aliphatic rings. The summed E-state index contributed by atoms with van der Waals surface area (Å²) in [4.78, 5) is 17.8. The number of likely N-dealkylation sites (tertiary alicyclic amines) is 1. The van der Waals surface area contributed by atoms with Crippen molar-refractivity contribution in [3.63, 3.8) is 0 Å². The molecule has 3 rings (SSSR count). The molecular weight excluding hydrogens is 312 g/mol. The fourth-order valence-corrected chi connectivity index (χ4v) is 3.08. The van der Waals surface area contributed by atoms with Crippen LogP contribution in [0.25, 0.3) is 10.9 Å². The van der Waals surface area contributed by atoms with Gasteiger partial charge in [0.25, 0.3) is 0 Å². The van der Waals surface area contributed by atoms with Gasteiger partial charge in [0.2, 0.25) is 5.91 Å². The molecule has 1 N–H and O–H groups in total. The highest BCUT2D eigenvalue weighted by atomic mass is 35.5.